The molecule has 1 spiro atoms. The van der Waals surface area contributed by atoms with Gasteiger partial charge in [-0.05, 0) is 31.4 Å². The van der Waals surface area contributed by atoms with Gasteiger partial charge in [0.1, 0.15) is 35.9 Å². The standard InChI is InChI=1S/C32H40N6O7/c1-4-19(2)23(17-39)38-28-30(42)36(18-37-22-11-6-5-10-21(22)34-35-37)15-9-14-32(28)27(29(38)41)26-24(45-32)12-7-8-13-25(40)33-16-20(3)44-31(26)43/h5-7,9-12,14,19-20,23-24,26-28,39H,4,8,13,15-18H2,1-3H3,(H,33,40)/b12-7-/t19-,20+,23-,24+,26-,27-,28+,32-/m0/s1. The summed E-state index contributed by atoms with van der Waals surface area (Å²) in [6.07, 6.45) is 6.82. The molecule has 2 saturated heterocycles. The normalized spacial score (nSPS) is 32.5. The van der Waals surface area contributed by atoms with Crippen LogP contribution in [-0.2, 0) is 35.3 Å². The lowest BCUT2D eigenvalue weighted by Crippen LogP contribution is -2.59. The second-order valence-electron chi connectivity index (χ2n) is 12.4. The minimum absolute atomic E-state index is 0.0728. The first-order valence-corrected chi connectivity index (χ1v) is 15.7. The predicted molar refractivity (Wildman–Crippen MR) is 161 cm³/mol. The summed E-state index contributed by atoms with van der Waals surface area (Å²) in [4.78, 5) is 58.5. The van der Waals surface area contributed by atoms with E-state index in [1.54, 1.807) is 40.8 Å². The van der Waals surface area contributed by atoms with E-state index in [9.17, 15) is 24.3 Å². The number of rotatable bonds is 6. The summed E-state index contributed by atoms with van der Waals surface area (Å²) in [5, 5.41) is 21.9. The second-order valence-corrected chi connectivity index (χ2v) is 12.4. The fourth-order valence-corrected chi connectivity index (χ4v) is 7.13. The molecule has 6 rings (SSSR count). The van der Waals surface area contributed by atoms with E-state index >= 15 is 0 Å². The van der Waals surface area contributed by atoms with Crippen LogP contribution >= 0.6 is 0 Å². The Morgan fingerprint density at radius 3 is 2.73 bits per heavy atom. The number of nitrogens with one attached hydrogen (secondary N) is 1. The van der Waals surface area contributed by atoms with Crippen molar-refractivity contribution in [3.8, 4) is 0 Å². The molecular weight excluding hydrogens is 580 g/mol. The van der Waals surface area contributed by atoms with Crippen LogP contribution in [0.5, 0.6) is 0 Å². The third kappa shape index (κ3) is 5.31. The van der Waals surface area contributed by atoms with Gasteiger partial charge in [0.15, 0.2) is 0 Å². The van der Waals surface area contributed by atoms with Gasteiger partial charge >= 0.3 is 5.97 Å². The molecule has 240 valence electrons. The van der Waals surface area contributed by atoms with E-state index < -0.39 is 53.6 Å². The fraction of sp³-hybridized carbons (Fsp3) is 0.562. The Morgan fingerprint density at radius 2 is 1.96 bits per heavy atom. The van der Waals surface area contributed by atoms with Crippen molar-refractivity contribution >= 4 is 34.7 Å². The van der Waals surface area contributed by atoms with E-state index in [2.05, 4.69) is 15.6 Å². The number of carbonyl (C=O) groups is 4. The largest absolute Gasteiger partial charge is 0.460 e. The van der Waals surface area contributed by atoms with Crippen molar-refractivity contribution in [3.63, 3.8) is 0 Å². The molecular formula is C32H40N6O7. The average Bonchev–Trinajstić information content (AvgIpc) is 3.62. The van der Waals surface area contributed by atoms with Gasteiger partial charge in [-0.3, -0.25) is 19.2 Å². The lowest BCUT2D eigenvalue weighted by molar-refractivity contribution is -0.160. The first-order valence-electron chi connectivity index (χ1n) is 15.7. The van der Waals surface area contributed by atoms with Crippen LogP contribution in [0.2, 0.25) is 0 Å². The number of cyclic esters (lactones) is 1. The smallest absolute Gasteiger partial charge is 0.313 e. The Morgan fingerprint density at radius 1 is 1.16 bits per heavy atom. The summed E-state index contributed by atoms with van der Waals surface area (Å²) < 4.78 is 14.1. The summed E-state index contributed by atoms with van der Waals surface area (Å²) in [5.74, 6) is -3.87. The Kier molecular flexibility index (Phi) is 8.49. The molecule has 0 bridgehead atoms. The predicted octanol–water partition coefficient (Wildman–Crippen LogP) is 1.17. The van der Waals surface area contributed by atoms with Crippen LogP contribution in [0, 0.1) is 17.8 Å². The number of aliphatic hydroxyl groups excluding tert-OH is 1. The molecule has 4 aliphatic heterocycles. The number of amides is 3. The summed E-state index contributed by atoms with van der Waals surface area (Å²) in [6, 6.07) is 5.60. The fourth-order valence-electron chi connectivity index (χ4n) is 7.13. The van der Waals surface area contributed by atoms with Gasteiger partial charge in [-0.1, -0.05) is 61.9 Å². The monoisotopic (exact) mass is 620 g/mol. The third-order valence-electron chi connectivity index (χ3n) is 9.63. The van der Waals surface area contributed by atoms with Crippen LogP contribution in [0.15, 0.2) is 48.6 Å². The average molecular weight is 621 g/mol. The van der Waals surface area contributed by atoms with Crippen LogP contribution in [-0.4, -0.2) is 103 Å². The Hall–Kier alpha value is -4.10. The summed E-state index contributed by atoms with van der Waals surface area (Å²) in [7, 11) is 0. The van der Waals surface area contributed by atoms with Crippen molar-refractivity contribution in [2.24, 2.45) is 17.8 Å². The van der Waals surface area contributed by atoms with Gasteiger partial charge in [0.05, 0.1) is 36.7 Å². The molecule has 0 saturated carbocycles. The molecule has 13 heteroatoms. The highest BCUT2D eigenvalue weighted by Crippen LogP contribution is 2.54. The summed E-state index contributed by atoms with van der Waals surface area (Å²) in [6.45, 7) is 5.62. The first kappa shape index (κ1) is 30.9. The third-order valence-corrected chi connectivity index (χ3v) is 9.63. The zero-order valence-corrected chi connectivity index (χ0v) is 25.7. The summed E-state index contributed by atoms with van der Waals surface area (Å²) >= 11 is 0. The first-order chi connectivity index (χ1) is 21.7. The highest BCUT2D eigenvalue weighted by Gasteiger charge is 2.72. The number of nitrogens with zero attached hydrogens (tertiary/aromatic N) is 5. The number of hydrogen-bond donors (Lipinski definition) is 2. The van der Waals surface area contributed by atoms with E-state index in [1.165, 1.54) is 4.90 Å². The Balaban J connectivity index is 1.43. The number of aliphatic hydroxyl groups is 1. The molecule has 2 aromatic rings. The van der Waals surface area contributed by atoms with Crippen LogP contribution in [0.3, 0.4) is 0 Å². The molecule has 4 aliphatic rings. The molecule has 2 N–H and O–H groups in total. The molecule has 3 amide bonds. The number of carbonyl (C=O) groups excluding carboxylic acids is 4. The van der Waals surface area contributed by atoms with Gasteiger partial charge in [-0.25, -0.2) is 4.68 Å². The van der Waals surface area contributed by atoms with Crippen LogP contribution in [0.4, 0.5) is 0 Å². The maximum Gasteiger partial charge on any atom is 0.313 e. The van der Waals surface area contributed by atoms with Crippen molar-refractivity contribution in [2.45, 2.75) is 76.6 Å². The number of aromatic nitrogens is 3. The van der Waals surface area contributed by atoms with Gasteiger partial charge in [-0.15, -0.1) is 5.10 Å². The zero-order chi connectivity index (χ0) is 31.9. The number of allylic oxidation sites excluding steroid dienone is 1. The topological polar surface area (TPSA) is 156 Å². The minimum atomic E-state index is -1.50. The molecule has 0 unspecified atom stereocenters. The maximum atomic E-state index is 14.7. The molecule has 0 radical (unpaired) electrons. The molecule has 5 heterocycles. The minimum Gasteiger partial charge on any atom is -0.460 e. The van der Waals surface area contributed by atoms with Gasteiger partial charge < -0.3 is 29.7 Å². The molecule has 13 nitrogen and oxygen atoms in total. The molecule has 0 aliphatic carbocycles. The highest BCUT2D eigenvalue weighted by atomic mass is 16.6. The Bertz CT molecular complexity index is 1540. The quantitative estimate of drug-likeness (QED) is 0.358. The number of para-hydroxylation sites is 1. The van der Waals surface area contributed by atoms with E-state index in [4.69, 9.17) is 9.47 Å². The molecule has 45 heavy (non-hydrogen) atoms. The van der Waals surface area contributed by atoms with Gasteiger partial charge in [-0.2, -0.15) is 0 Å². The summed E-state index contributed by atoms with van der Waals surface area (Å²) in [5.41, 5.74) is -0.0561. The molecule has 1 aromatic carbocycles. The maximum absolute atomic E-state index is 14.7. The van der Waals surface area contributed by atoms with Crippen molar-refractivity contribution in [2.75, 3.05) is 19.7 Å². The second kappa shape index (κ2) is 12.4. The van der Waals surface area contributed by atoms with Crippen molar-refractivity contribution in [1.29, 1.82) is 0 Å². The number of likely N-dealkylation sites (tertiary alicyclic amines) is 1. The highest BCUT2D eigenvalue weighted by molar-refractivity contribution is 5.99. The molecule has 1 aromatic heterocycles. The lowest BCUT2D eigenvalue weighted by atomic mass is 9.78. The Labute approximate surface area is 261 Å². The molecule has 8 atom stereocenters. The number of fused-ring (bicyclic) bond motifs is 3. The van der Waals surface area contributed by atoms with E-state index in [0.717, 1.165) is 5.52 Å². The number of ether oxygens (including phenoxy) is 2. The van der Waals surface area contributed by atoms with Crippen molar-refractivity contribution < 1.29 is 33.8 Å². The molecule has 2 fully saturated rings. The van der Waals surface area contributed by atoms with Gasteiger partial charge in [0.25, 0.3) is 5.91 Å². The zero-order valence-electron chi connectivity index (χ0n) is 25.7. The number of hydrogen-bond acceptors (Lipinski definition) is 9. The SMILES string of the molecule is CC[C@H](C)[C@H](CO)N1C(=O)[C@@H]2[C@H]3C(=O)O[C@H](C)CNC(=O)CC/C=C\[C@H]3O[C@@]23C=CCN(Cn2nnc4ccccc42)C(=O)[C@@H]13. The number of benzene rings is 1. The van der Waals surface area contributed by atoms with E-state index in [0.29, 0.717) is 18.4 Å². The van der Waals surface area contributed by atoms with Crippen molar-refractivity contribution in [3.05, 3.63) is 48.6 Å². The van der Waals surface area contributed by atoms with E-state index in [-0.39, 0.29) is 50.5 Å². The van der Waals surface area contributed by atoms with Crippen LogP contribution < -0.4 is 5.32 Å². The van der Waals surface area contributed by atoms with Gasteiger partial charge in [0, 0.05) is 13.0 Å². The van der Waals surface area contributed by atoms with Crippen LogP contribution in [0.25, 0.3) is 11.0 Å². The lowest BCUT2D eigenvalue weighted by Gasteiger charge is -2.40. The van der Waals surface area contributed by atoms with Gasteiger partial charge in [0.2, 0.25) is 11.8 Å². The van der Waals surface area contributed by atoms with Crippen molar-refractivity contribution in [1.82, 2.24) is 30.1 Å². The number of esters is 1. The van der Waals surface area contributed by atoms with Crippen LogP contribution in [0.1, 0.15) is 40.0 Å². The van der Waals surface area contributed by atoms with E-state index in [1.807, 2.05) is 38.1 Å².